The van der Waals surface area contributed by atoms with Crippen LogP contribution < -0.4 is 11.1 Å². The molecule has 118 valence electrons. The number of carbonyl (C=O) groups is 1. The van der Waals surface area contributed by atoms with Gasteiger partial charge in [0.25, 0.3) is 0 Å². The molecule has 2 aromatic heterocycles. The summed E-state index contributed by atoms with van der Waals surface area (Å²) in [6.07, 6.45) is 0. The SMILES string of the molecule is N#CC(C(=O)c1cscn1)c1nc(N)nc(Nc2ccccc2)n1. The smallest absolute Gasteiger partial charge is 0.232 e. The molecule has 0 spiro atoms. The Morgan fingerprint density at radius 2 is 2.04 bits per heavy atom. The number of benzene rings is 1. The summed E-state index contributed by atoms with van der Waals surface area (Å²) in [5.41, 5.74) is 8.15. The van der Waals surface area contributed by atoms with Crippen LogP contribution in [0.15, 0.2) is 41.2 Å². The fourth-order valence-electron chi connectivity index (χ4n) is 1.96. The van der Waals surface area contributed by atoms with Crippen molar-refractivity contribution in [2.75, 3.05) is 11.1 Å². The van der Waals surface area contributed by atoms with Gasteiger partial charge in [0.05, 0.1) is 11.6 Å². The van der Waals surface area contributed by atoms with E-state index in [0.717, 1.165) is 5.69 Å². The molecule has 1 atom stereocenters. The van der Waals surface area contributed by atoms with E-state index in [1.165, 1.54) is 16.8 Å². The molecule has 8 nitrogen and oxygen atoms in total. The average molecular weight is 337 g/mol. The summed E-state index contributed by atoms with van der Waals surface area (Å²) in [7, 11) is 0. The minimum Gasteiger partial charge on any atom is -0.368 e. The van der Waals surface area contributed by atoms with Crippen LogP contribution in [-0.2, 0) is 0 Å². The van der Waals surface area contributed by atoms with Crippen molar-refractivity contribution >= 4 is 34.7 Å². The Morgan fingerprint density at radius 3 is 2.71 bits per heavy atom. The maximum atomic E-state index is 12.4. The zero-order valence-corrected chi connectivity index (χ0v) is 13.1. The van der Waals surface area contributed by atoms with Crippen LogP contribution in [0.2, 0.25) is 0 Å². The Morgan fingerprint density at radius 1 is 1.25 bits per heavy atom. The molecule has 24 heavy (non-hydrogen) atoms. The number of anilines is 3. The molecule has 0 amide bonds. The Hall–Kier alpha value is -3.38. The van der Waals surface area contributed by atoms with Crippen LogP contribution in [0.1, 0.15) is 22.2 Å². The molecular weight excluding hydrogens is 326 g/mol. The zero-order valence-electron chi connectivity index (χ0n) is 12.2. The molecule has 0 aliphatic carbocycles. The summed E-state index contributed by atoms with van der Waals surface area (Å²) in [4.78, 5) is 28.4. The quantitative estimate of drug-likeness (QED) is 0.677. The summed E-state index contributed by atoms with van der Waals surface area (Å²) in [6.45, 7) is 0. The summed E-state index contributed by atoms with van der Waals surface area (Å²) in [5, 5.41) is 13.9. The highest BCUT2D eigenvalue weighted by Crippen LogP contribution is 2.20. The van der Waals surface area contributed by atoms with Gasteiger partial charge in [0.15, 0.2) is 11.7 Å². The topological polar surface area (TPSA) is 130 Å². The van der Waals surface area contributed by atoms with Crippen molar-refractivity contribution in [2.45, 2.75) is 5.92 Å². The number of thiazole rings is 1. The van der Waals surface area contributed by atoms with Gasteiger partial charge in [0.2, 0.25) is 17.7 Å². The number of para-hydroxylation sites is 1. The number of nitrogens with one attached hydrogen (secondary N) is 1. The molecule has 9 heteroatoms. The van der Waals surface area contributed by atoms with Crippen molar-refractivity contribution < 1.29 is 4.79 Å². The molecule has 0 aliphatic heterocycles. The first-order chi connectivity index (χ1) is 11.7. The highest BCUT2D eigenvalue weighted by atomic mass is 32.1. The number of nitriles is 1. The molecular formula is C15H11N7OS. The third-order valence-electron chi connectivity index (χ3n) is 3.03. The van der Waals surface area contributed by atoms with E-state index in [2.05, 4.69) is 25.3 Å². The Bertz CT molecular complexity index is 890. The summed E-state index contributed by atoms with van der Waals surface area (Å²) in [5.74, 6) is -1.61. The third-order valence-corrected chi connectivity index (χ3v) is 3.62. The molecule has 0 bridgehead atoms. The monoisotopic (exact) mass is 337 g/mol. The maximum Gasteiger partial charge on any atom is 0.232 e. The normalized spacial score (nSPS) is 11.5. The number of nitrogens with two attached hydrogens (primary N) is 1. The van der Waals surface area contributed by atoms with Gasteiger partial charge in [-0.2, -0.15) is 20.2 Å². The lowest BCUT2D eigenvalue weighted by Gasteiger charge is -2.09. The van der Waals surface area contributed by atoms with Crippen molar-refractivity contribution in [1.82, 2.24) is 19.9 Å². The minimum atomic E-state index is -1.20. The second-order valence-electron chi connectivity index (χ2n) is 4.67. The zero-order chi connectivity index (χ0) is 16.9. The van der Waals surface area contributed by atoms with E-state index in [1.807, 2.05) is 36.4 Å². The van der Waals surface area contributed by atoms with Crippen molar-refractivity contribution in [1.29, 1.82) is 5.26 Å². The lowest BCUT2D eigenvalue weighted by Crippen LogP contribution is -2.17. The van der Waals surface area contributed by atoms with Crippen LogP contribution in [-0.4, -0.2) is 25.7 Å². The molecule has 3 rings (SSSR count). The second-order valence-corrected chi connectivity index (χ2v) is 5.39. The fraction of sp³-hybridized carbons (Fsp3) is 0.0667. The van der Waals surface area contributed by atoms with Gasteiger partial charge in [0, 0.05) is 11.1 Å². The van der Waals surface area contributed by atoms with Crippen LogP contribution in [0.25, 0.3) is 0 Å². The molecule has 1 unspecified atom stereocenters. The van der Waals surface area contributed by atoms with Crippen molar-refractivity contribution in [3.8, 4) is 6.07 Å². The molecule has 0 radical (unpaired) electrons. The molecule has 0 aliphatic rings. The predicted molar refractivity (Wildman–Crippen MR) is 88.8 cm³/mol. The van der Waals surface area contributed by atoms with Crippen molar-refractivity contribution in [3.63, 3.8) is 0 Å². The number of rotatable bonds is 5. The molecule has 2 heterocycles. The number of ketones is 1. The first-order valence-corrected chi connectivity index (χ1v) is 7.77. The van der Waals surface area contributed by atoms with Crippen LogP contribution in [0, 0.1) is 11.3 Å². The maximum absolute atomic E-state index is 12.4. The van der Waals surface area contributed by atoms with E-state index in [0.29, 0.717) is 0 Å². The largest absolute Gasteiger partial charge is 0.368 e. The highest BCUT2D eigenvalue weighted by molar-refractivity contribution is 7.07. The summed E-state index contributed by atoms with van der Waals surface area (Å²) >= 11 is 1.27. The lowest BCUT2D eigenvalue weighted by atomic mass is 10.0. The average Bonchev–Trinajstić information content (AvgIpc) is 3.10. The van der Waals surface area contributed by atoms with Crippen LogP contribution in [0.3, 0.4) is 0 Å². The van der Waals surface area contributed by atoms with Gasteiger partial charge in [-0.25, -0.2) is 4.98 Å². The summed E-state index contributed by atoms with van der Waals surface area (Å²) < 4.78 is 0. The molecule has 3 aromatic rings. The summed E-state index contributed by atoms with van der Waals surface area (Å²) in [6, 6.07) is 11.1. The number of carbonyl (C=O) groups excluding carboxylic acids is 1. The number of nitrogen functional groups attached to an aromatic ring is 1. The Balaban J connectivity index is 1.92. The van der Waals surface area contributed by atoms with Gasteiger partial charge < -0.3 is 11.1 Å². The molecule has 3 N–H and O–H groups in total. The van der Waals surface area contributed by atoms with E-state index in [-0.39, 0.29) is 23.4 Å². The standard InChI is InChI=1S/C15H11N7OS/c16-6-10(12(23)11-7-24-8-18-11)13-20-14(17)22-15(21-13)19-9-4-2-1-3-5-9/h1-5,7-8,10H,(H3,17,19,20,21,22). The number of nitrogens with zero attached hydrogens (tertiary/aromatic N) is 5. The van der Waals surface area contributed by atoms with E-state index in [9.17, 15) is 10.1 Å². The van der Waals surface area contributed by atoms with Crippen LogP contribution >= 0.6 is 11.3 Å². The number of Topliss-reactive ketones (excluding diaryl/α,β-unsaturated/α-hetero) is 1. The first kappa shape index (κ1) is 15.5. The highest BCUT2D eigenvalue weighted by Gasteiger charge is 2.27. The number of aromatic nitrogens is 4. The van der Waals surface area contributed by atoms with E-state index >= 15 is 0 Å². The Kier molecular flexibility index (Phi) is 4.40. The minimum absolute atomic E-state index is 0.0126. The van der Waals surface area contributed by atoms with Crippen LogP contribution in [0.4, 0.5) is 17.6 Å². The number of hydrogen-bond acceptors (Lipinski definition) is 9. The predicted octanol–water partition coefficient (Wildman–Crippen LogP) is 2.14. The van der Waals surface area contributed by atoms with Gasteiger partial charge in [-0.15, -0.1) is 11.3 Å². The van der Waals surface area contributed by atoms with Crippen molar-refractivity contribution in [3.05, 3.63) is 52.7 Å². The van der Waals surface area contributed by atoms with E-state index in [4.69, 9.17) is 5.73 Å². The van der Waals surface area contributed by atoms with Gasteiger partial charge in [-0.05, 0) is 12.1 Å². The van der Waals surface area contributed by atoms with Gasteiger partial charge in [-0.3, -0.25) is 4.79 Å². The molecule has 1 aromatic carbocycles. The Labute approximate surface area is 141 Å². The van der Waals surface area contributed by atoms with E-state index < -0.39 is 11.7 Å². The van der Waals surface area contributed by atoms with Gasteiger partial charge in [-0.1, -0.05) is 18.2 Å². The molecule has 0 saturated heterocycles. The van der Waals surface area contributed by atoms with Crippen LogP contribution in [0.5, 0.6) is 0 Å². The third kappa shape index (κ3) is 3.34. The van der Waals surface area contributed by atoms with E-state index in [1.54, 1.807) is 5.38 Å². The van der Waals surface area contributed by atoms with Gasteiger partial charge >= 0.3 is 0 Å². The lowest BCUT2D eigenvalue weighted by molar-refractivity contribution is 0.0972. The fourth-order valence-corrected chi connectivity index (χ4v) is 2.50. The van der Waals surface area contributed by atoms with Crippen molar-refractivity contribution in [2.24, 2.45) is 0 Å². The first-order valence-electron chi connectivity index (χ1n) is 6.83. The number of hydrogen-bond donors (Lipinski definition) is 2. The second kappa shape index (κ2) is 6.80. The molecule has 0 saturated carbocycles. The van der Waals surface area contributed by atoms with Gasteiger partial charge in [0.1, 0.15) is 5.69 Å². The molecule has 0 fully saturated rings.